The van der Waals surface area contributed by atoms with E-state index in [4.69, 9.17) is 0 Å². The van der Waals surface area contributed by atoms with E-state index in [9.17, 15) is 4.79 Å². The molecule has 1 saturated heterocycles. The van der Waals surface area contributed by atoms with Gasteiger partial charge in [0.1, 0.15) is 0 Å². The van der Waals surface area contributed by atoms with Crippen LogP contribution in [0.5, 0.6) is 0 Å². The van der Waals surface area contributed by atoms with E-state index < -0.39 is 0 Å². The zero-order chi connectivity index (χ0) is 21.8. The molecule has 0 aliphatic carbocycles. The second kappa shape index (κ2) is 9.43. The minimum absolute atomic E-state index is 0.126. The summed E-state index contributed by atoms with van der Waals surface area (Å²) < 4.78 is 1.78. The van der Waals surface area contributed by atoms with Crippen LogP contribution in [-0.4, -0.2) is 38.2 Å². The monoisotopic (exact) mass is 417 g/mol. The van der Waals surface area contributed by atoms with Gasteiger partial charge in [-0.15, -0.1) is 0 Å². The van der Waals surface area contributed by atoms with Crippen LogP contribution in [-0.2, 0) is 13.1 Å². The Morgan fingerprint density at radius 1 is 1.10 bits per heavy atom. The fraction of sp³-hybridized carbons (Fsp3) is 0.400. The van der Waals surface area contributed by atoms with Crippen molar-refractivity contribution in [1.82, 2.24) is 25.0 Å². The van der Waals surface area contributed by atoms with Crippen molar-refractivity contribution >= 4 is 5.91 Å². The Balaban J connectivity index is 1.31. The van der Waals surface area contributed by atoms with Crippen molar-refractivity contribution in [3.63, 3.8) is 0 Å². The summed E-state index contributed by atoms with van der Waals surface area (Å²) in [7, 11) is 0. The van der Waals surface area contributed by atoms with E-state index in [0.717, 1.165) is 23.5 Å². The minimum Gasteiger partial charge on any atom is -0.348 e. The van der Waals surface area contributed by atoms with Gasteiger partial charge in [-0.1, -0.05) is 30.7 Å². The lowest BCUT2D eigenvalue weighted by atomic mass is 10.0. The number of pyridine rings is 1. The Hall–Kier alpha value is -2.99. The highest BCUT2D eigenvalue weighted by Gasteiger charge is 2.18. The number of nitrogens with zero attached hydrogens (tertiary/aromatic N) is 4. The van der Waals surface area contributed by atoms with Gasteiger partial charge in [0.05, 0.1) is 11.3 Å². The van der Waals surface area contributed by atoms with Crippen LogP contribution >= 0.6 is 0 Å². The molecule has 6 heteroatoms. The standard InChI is InChI=1S/C25H31N5O/c1-18-14-20(3)30(28-18)24-12-11-23(16-26-24)25(31)27-15-21-7-9-22(10-8-21)17-29-13-5-4-6-19(29)2/h7-12,14,16,19H,4-6,13,15,17H2,1-3H3,(H,27,31). The molecule has 1 N–H and O–H groups in total. The van der Waals surface area contributed by atoms with Gasteiger partial charge in [-0.05, 0) is 69.5 Å². The van der Waals surface area contributed by atoms with Gasteiger partial charge in [0.15, 0.2) is 5.82 Å². The molecule has 3 heterocycles. The average Bonchev–Trinajstić information content (AvgIpc) is 3.12. The van der Waals surface area contributed by atoms with Crippen LogP contribution in [0.3, 0.4) is 0 Å². The third-order valence-electron chi connectivity index (χ3n) is 6.04. The van der Waals surface area contributed by atoms with Crippen LogP contribution in [0.4, 0.5) is 0 Å². The van der Waals surface area contributed by atoms with Crippen LogP contribution in [0.1, 0.15) is 59.1 Å². The molecular weight excluding hydrogens is 386 g/mol. The predicted molar refractivity (Wildman–Crippen MR) is 122 cm³/mol. The van der Waals surface area contributed by atoms with Crippen molar-refractivity contribution in [2.45, 2.75) is 59.2 Å². The lowest BCUT2D eigenvalue weighted by Crippen LogP contribution is -2.36. The molecule has 4 rings (SSSR count). The van der Waals surface area contributed by atoms with Crippen molar-refractivity contribution in [2.75, 3.05) is 6.54 Å². The van der Waals surface area contributed by atoms with Crippen LogP contribution in [0, 0.1) is 13.8 Å². The number of rotatable bonds is 6. The number of nitrogens with one attached hydrogen (secondary N) is 1. The van der Waals surface area contributed by atoms with Gasteiger partial charge < -0.3 is 5.32 Å². The zero-order valence-corrected chi connectivity index (χ0v) is 18.6. The third kappa shape index (κ3) is 5.20. The highest BCUT2D eigenvalue weighted by Crippen LogP contribution is 2.19. The largest absolute Gasteiger partial charge is 0.348 e. The van der Waals surface area contributed by atoms with Crippen LogP contribution < -0.4 is 5.32 Å². The predicted octanol–water partition coefficient (Wildman–Crippen LogP) is 4.19. The molecule has 6 nitrogen and oxygen atoms in total. The number of benzene rings is 1. The zero-order valence-electron chi connectivity index (χ0n) is 18.6. The molecule has 0 radical (unpaired) electrons. The fourth-order valence-electron chi connectivity index (χ4n) is 4.18. The van der Waals surface area contributed by atoms with Crippen LogP contribution in [0.15, 0.2) is 48.7 Å². The second-order valence-corrected chi connectivity index (χ2v) is 8.56. The van der Waals surface area contributed by atoms with Crippen molar-refractivity contribution in [1.29, 1.82) is 0 Å². The average molecular weight is 418 g/mol. The number of carbonyl (C=O) groups is 1. The smallest absolute Gasteiger partial charge is 0.253 e. The molecule has 1 aliphatic rings. The number of carbonyl (C=O) groups excluding carboxylic acids is 1. The molecular formula is C25H31N5O. The van der Waals surface area contributed by atoms with Crippen molar-refractivity contribution in [2.24, 2.45) is 0 Å². The molecule has 3 aromatic rings. The molecule has 1 amide bonds. The Bertz CT molecular complexity index is 1020. The van der Waals surface area contributed by atoms with Crippen molar-refractivity contribution in [3.05, 3.63) is 76.7 Å². The normalized spacial score (nSPS) is 16.9. The summed E-state index contributed by atoms with van der Waals surface area (Å²) in [5, 5.41) is 7.42. The van der Waals surface area contributed by atoms with Gasteiger partial charge in [0.25, 0.3) is 5.91 Å². The Morgan fingerprint density at radius 3 is 2.52 bits per heavy atom. The Labute approximate surface area is 184 Å². The van der Waals surface area contributed by atoms with Gasteiger partial charge in [-0.25, -0.2) is 9.67 Å². The Kier molecular flexibility index (Phi) is 6.47. The molecule has 1 unspecified atom stereocenters. The minimum atomic E-state index is -0.126. The summed E-state index contributed by atoms with van der Waals surface area (Å²) >= 11 is 0. The number of aromatic nitrogens is 3. The van der Waals surface area contributed by atoms with E-state index in [1.165, 1.54) is 31.4 Å². The summed E-state index contributed by atoms with van der Waals surface area (Å²) in [6.07, 6.45) is 5.54. The number of piperidine rings is 1. The first-order valence-corrected chi connectivity index (χ1v) is 11.1. The van der Waals surface area contributed by atoms with Crippen LogP contribution in [0.2, 0.25) is 0 Å². The summed E-state index contributed by atoms with van der Waals surface area (Å²) in [6.45, 7) is 8.94. The number of likely N-dealkylation sites (tertiary alicyclic amines) is 1. The molecule has 31 heavy (non-hydrogen) atoms. The summed E-state index contributed by atoms with van der Waals surface area (Å²) in [5.74, 6) is 0.583. The van der Waals surface area contributed by atoms with Crippen molar-refractivity contribution in [3.8, 4) is 5.82 Å². The number of amides is 1. The maximum Gasteiger partial charge on any atom is 0.253 e. The molecule has 1 atom stereocenters. The molecule has 162 valence electrons. The first kappa shape index (κ1) is 21.2. The van der Waals surface area contributed by atoms with E-state index >= 15 is 0 Å². The number of aryl methyl sites for hydroxylation is 2. The molecule has 0 bridgehead atoms. The first-order chi connectivity index (χ1) is 15.0. The lowest BCUT2D eigenvalue weighted by molar-refractivity contribution is 0.0950. The maximum atomic E-state index is 12.5. The molecule has 0 spiro atoms. The van der Waals surface area contributed by atoms with Crippen molar-refractivity contribution < 1.29 is 4.79 Å². The number of hydrogen-bond acceptors (Lipinski definition) is 4. The third-order valence-corrected chi connectivity index (χ3v) is 6.04. The highest BCUT2D eigenvalue weighted by molar-refractivity contribution is 5.93. The van der Waals surface area contributed by atoms with Gasteiger partial charge in [0.2, 0.25) is 0 Å². The van der Waals surface area contributed by atoms with Gasteiger partial charge >= 0.3 is 0 Å². The van der Waals surface area contributed by atoms with E-state index in [2.05, 4.69) is 51.5 Å². The second-order valence-electron chi connectivity index (χ2n) is 8.56. The van der Waals surface area contributed by atoms with Crippen LogP contribution in [0.25, 0.3) is 5.82 Å². The SMILES string of the molecule is Cc1cc(C)n(-c2ccc(C(=O)NCc3ccc(CN4CCCCC4C)cc3)cn2)n1. The fourth-order valence-corrected chi connectivity index (χ4v) is 4.18. The van der Waals surface area contributed by atoms with E-state index in [-0.39, 0.29) is 5.91 Å². The summed E-state index contributed by atoms with van der Waals surface area (Å²) in [4.78, 5) is 19.5. The van der Waals surface area contributed by atoms with Gasteiger partial charge in [-0.3, -0.25) is 9.69 Å². The summed E-state index contributed by atoms with van der Waals surface area (Å²) in [5.41, 5.74) is 4.92. The number of hydrogen-bond donors (Lipinski definition) is 1. The lowest BCUT2D eigenvalue weighted by Gasteiger charge is -2.33. The highest BCUT2D eigenvalue weighted by atomic mass is 16.1. The quantitative estimate of drug-likeness (QED) is 0.653. The molecule has 0 saturated carbocycles. The summed E-state index contributed by atoms with van der Waals surface area (Å²) in [6, 6.07) is 14.8. The van der Waals surface area contributed by atoms with E-state index in [1.807, 2.05) is 26.0 Å². The Morgan fingerprint density at radius 2 is 1.87 bits per heavy atom. The molecule has 1 aromatic carbocycles. The molecule has 1 aliphatic heterocycles. The van der Waals surface area contributed by atoms with Gasteiger partial charge in [0, 0.05) is 31.0 Å². The maximum absolute atomic E-state index is 12.5. The first-order valence-electron chi connectivity index (χ1n) is 11.1. The topological polar surface area (TPSA) is 63.1 Å². The van der Waals surface area contributed by atoms with E-state index in [1.54, 1.807) is 16.9 Å². The molecule has 2 aromatic heterocycles. The van der Waals surface area contributed by atoms with Gasteiger partial charge in [-0.2, -0.15) is 5.10 Å². The van der Waals surface area contributed by atoms with E-state index in [0.29, 0.717) is 24.0 Å². The molecule has 1 fully saturated rings.